The van der Waals surface area contributed by atoms with Crippen molar-refractivity contribution in [2.75, 3.05) is 13.1 Å². The van der Waals surface area contributed by atoms with Gasteiger partial charge in [0.25, 0.3) is 5.91 Å². The van der Waals surface area contributed by atoms with Gasteiger partial charge in [0, 0.05) is 24.5 Å². The molecule has 6 nitrogen and oxygen atoms in total. The zero-order valence-electron chi connectivity index (χ0n) is 16.5. The molecule has 0 bridgehead atoms. The van der Waals surface area contributed by atoms with Crippen LogP contribution in [-0.4, -0.2) is 38.5 Å². The predicted octanol–water partition coefficient (Wildman–Crippen LogP) is 3.12. The molecule has 0 saturated heterocycles. The highest BCUT2D eigenvalue weighted by molar-refractivity contribution is 5.99. The third-order valence-electron chi connectivity index (χ3n) is 4.80. The molecule has 3 aromatic rings. The summed E-state index contributed by atoms with van der Waals surface area (Å²) in [6.45, 7) is 11.7. The van der Waals surface area contributed by atoms with Crippen LogP contribution >= 0.6 is 0 Å². The Kier molecular flexibility index (Phi) is 5.86. The quantitative estimate of drug-likeness (QED) is 0.699. The molecule has 0 saturated carbocycles. The number of aromatic nitrogens is 3. The van der Waals surface area contributed by atoms with Crippen LogP contribution in [0.5, 0.6) is 0 Å². The SMILES string of the molecule is CCN(CC)Cc1ccc(CNC(=O)c2cnn3c(C)cc(C)nc23)cc1. The normalized spacial score (nSPS) is 11.3. The first-order valence-corrected chi connectivity index (χ1v) is 9.42. The van der Waals surface area contributed by atoms with Gasteiger partial charge in [-0.1, -0.05) is 38.1 Å². The minimum Gasteiger partial charge on any atom is -0.348 e. The van der Waals surface area contributed by atoms with Gasteiger partial charge in [-0.2, -0.15) is 5.10 Å². The third kappa shape index (κ3) is 4.34. The van der Waals surface area contributed by atoms with Gasteiger partial charge < -0.3 is 5.32 Å². The van der Waals surface area contributed by atoms with Crippen LogP contribution in [0.2, 0.25) is 0 Å². The van der Waals surface area contributed by atoms with Gasteiger partial charge in [0.1, 0.15) is 5.56 Å². The van der Waals surface area contributed by atoms with Crippen LogP contribution in [-0.2, 0) is 13.1 Å². The highest BCUT2D eigenvalue weighted by atomic mass is 16.1. The molecule has 0 aliphatic carbocycles. The summed E-state index contributed by atoms with van der Waals surface area (Å²) in [5, 5.41) is 7.25. The summed E-state index contributed by atoms with van der Waals surface area (Å²) in [4.78, 5) is 19.4. The largest absolute Gasteiger partial charge is 0.348 e. The van der Waals surface area contributed by atoms with Gasteiger partial charge in [-0.05, 0) is 44.1 Å². The zero-order chi connectivity index (χ0) is 19.4. The van der Waals surface area contributed by atoms with Gasteiger partial charge >= 0.3 is 0 Å². The molecule has 0 aliphatic heterocycles. The Morgan fingerprint density at radius 1 is 1.11 bits per heavy atom. The van der Waals surface area contributed by atoms with Crippen LogP contribution in [0, 0.1) is 13.8 Å². The lowest BCUT2D eigenvalue weighted by Crippen LogP contribution is -2.23. The summed E-state index contributed by atoms with van der Waals surface area (Å²) in [6, 6.07) is 10.3. The summed E-state index contributed by atoms with van der Waals surface area (Å²) in [7, 11) is 0. The minimum absolute atomic E-state index is 0.158. The van der Waals surface area contributed by atoms with Gasteiger partial charge in [0.2, 0.25) is 0 Å². The molecule has 2 aromatic heterocycles. The van der Waals surface area contributed by atoms with Crippen LogP contribution in [0.25, 0.3) is 5.65 Å². The smallest absolute Gasteiger partial charge is 0.257 e. The average molecular weight is 365 g/mol. The standard InChI is InChI=1S/C21H27N5O/c1-5-25(6-2)14-18-9-7-17(8-10-18)12-22-21(27)19-13-23-26-16(4)11-15(3)24-20(19)26/h7-11,13H,5-6,12,14H2,1-4H3,(H,22,27). The van der Waals surface area contributed by atoms with E-state index in [1.54, 1.807) is 10.7 Å². The maximum Gasteiger partial charge on any atom is 0.257 e. The first-order chi connectivity index (χ1) is 13.0. The second-order valence-electron chi connectivity index (χ2n) is 6.79. The van der Waals surface area contributed by atoms with Gasteiger partial charge in [0.05, 0.1) is 6.20 Å². The molecule has 3 rings (SSSR count). The summed E-state index contributed by atoms with van der Waals surface area (Å²) < 4.78 is 1.70. The second kappa shape index (κ2) is 8.31. The Hall–Kier alpha value is -2.73. The van der Waals surface area contributed by atoms with Crippen molar-refractivity contribution in [3.05, 3.63) is 64.6 Å². The summed E-state index contributed by atoms with van der Waals surface area (Å²) in [5.74, 6) is -0.158. The highest BCUT2D eigenvalue weighted by Gasteiger charge is 2.15. The molecular formula is C21H27N5O. The first kappa shape index (κ1) is 19.0. The topological polar surface area (TPSA) is 62.5 Å². The van der Waals surface area contributed by atoms with Crippen molar-refractivity contribution in [2.24, 2.45) is 0 Å². The average Bonchev–Trinajstić information content (AvgIpc) is 3.09. The molecule has 2 heterocycles. The Morgan fingerprint density at radius 2 is 1.78 bits per heavy atom. The van der Waals surface area contributed by atoms with E-state index in [0.717, 1.165) is 36.6 Å². The number of amides is 1. The van der Waals surface area contributed by atoms with Crippen molar-refractivity contribution in [3.63, 3.8) is 0 Å². The van der Waals surface area contributed by atoms with Crippen molar-refractivity contribution in [1.29, 1.82) is 0 Å². The van der Waals surface area contributed by atoms with Gasteiger partial charge in [-0.15, -0.1) is 0 Å². The summed E-state index contributed by atoms with van der Waals surface area (Å²) in [5.41, 5.74) is 5.29. The first-order valence-electron chi connectivity index (χ1n) is 9.42. The molecule has 0 unspecified atom stereocenters. The van der Waals surface area contributed by atoms with E-state index in [9.17, 15) is 4.79 Å². The predicted molar refractivity (Wildman–Crippen MR) is 107 cm³/mol. The lowest BCUT2D eigenvalue weighted by atomic mass is 10.1. The molecule has 1 aromatic carbocycles. The van der Waals surface area contributed by atoms with Crippen molar-refractivity contribution in [2.45, 2.75) is 40.8 Å². The van der Waals surface area contributed by atoms with E-state index >= 15 is 0 Å². The second-order valence-corrected chi connectivity index (χ2v) is 6.79. The number of fused-ring (bicyclic) bond motifs is 1. The molecule has 1 amide bonds. The van der Waals surface area contributed by atoms with Gasteiger partial charge in [-0.25, -0.2) is 9.50 Å². The van der Waals surface area contributed by atoms with E-state index in [1.165, 1.54) is 5.56 Å². The Morgan fingerprint density at radius 3 is 2.44 bits per heavy atom. The Labute approximate surface area is 160 Å². The number of nitrogens with zero attached hydrogens (tertiary/aromatic N) is 4. The number of hydrogen-bond donors (Lipinski definition) is 1. The lowest BCUT2D eigenvalue weighted by Gasteiger charge is -2.18. The molecule has 6 heteroatoms. The van der Waals surface area contributed by atoms with E-state index in [-0.39, 0.29) is 5.91 Å². The van der Waals surface area contributed by atoms with Crippen molar-refractivity contribution in [3.8, 4) is 0 Å². The summed E-state index contributed by atoms with van der Waals surface area (Å²) in [6.07, 6.45) is 1.58. The van der Waals surface area contributed by atoms with Crippen LogP contribution in [0.4, 0.5) is 0 Å². The van der Waals surface area contributed by atoms with Crippen LogP contribution in [0.1, 0.15) is 46.7 Å². The molecule has 142 valence electrons. The molecule has 1 N–H and O–H groups in total. The van der Waals surface area contributed by atoms with Gasteiger partial charge in [-0.3, -0.25) is 9.69 Å². The van der Waals surface area contributed by atoms with E-state index in [0.29, 0.717) is 17.8 Å². The minimum atomic E-state index is -0.158. The molecule has 0 atom stereocenters. The molecular weight excluding hydrogens is 338 g/mol. The van der Waals surface area contributed by atoms with Crippen molar-refractivity contribution < 1.29 is 4.79 Å². The van der Waals surface area contributed by atoms with Gasteiger partial charge in [0.15, 0.2) is 5.65 Å². The number of nitrogens with one attached hydrogen (secondary N) is 1. The molecule has 0 fully saturated rings. The number of rotatable bonds is 7. The monoisotopic (exact) mass is 365 g/mol. The number of benzene rings is 1. The van der Waals surface area contributed by atoms with E-state index < -0.39 is 0 Å². The van der Waals surface area contributed by atoms with E-state index in [4.69, 9.17) is 0 Å². The molecule has 27 heavy (non-hydrogen) atoms. The van der Waals surface area contributed by atoms with Crippen LogP contribution in [0.3, 0.4) is 0 Å². The number of hydrogen-bond acceptors (Lipinski definition) is 4. The lowest BCUT2D eigenvalue weighted by molar-refractivity contribution is 0.0952. The van der Waals surface area contributed by atoms with Crippen molar-refractivity contribution in [1.82, 2.24) is 24.8 Å². The number of carbonyl (C=O) groups is 1. The van der Waals surface area contributed by atoms with E-state index in [2.05, 4.69) is 58.4 Å². The third-order valence-corrected chi connectivity index (χ3v) is 4.80. The van der Waals surface area contributed by atoms with Crippen molar-refractivity contribution >= 4 is 11.6 Å². The van der Waals surface area contributed by atoms with Crippen LogP contribution < -0.4 is 5.32 Å². The maximum absolute atomic E-state index is 12.6. The fourth-order valence-corrected chi connectivity index (χ4v) is 3.18. The van der Waals surface area contributed by atoms with E-state index in [1.807, 2.05) is 19.9 Å². The summed E-state index contributed by atoms with van der Waals surface area (Å²) >= 11 is 0. The zero-order valence-corrected chi connectivity index (χ0v) is 16.5. The number of aryl methyl sites for hydroxylation is 2. The molecule has 0 aliphatic rings. The van der Waals surface area contributed by atoms with Crippen LogP contribution in [0.15, 0.2) is 36.5 Å². The Bertz CT molecular complexity index is 926. The highest BCUT2D eigenvalue weighted by Crippen LogP contribution is 2.12. The molecule has 0 spiro atoms. The maximum atomic E-state index is 12.6. The molecule has 0 radical (unpaired) electrons. The fraction of sp³-hybridized carbons (Fsp3) is 0.381. The number of carbonyl (C=O) groups excluding carboxylic acids is 1. The fourth-order valence-electron chi connectivity index (χ4n) is 3.18. The Balaban J connectivity index is 1.66.